The highest BCUT2D eigenvalue weighted by Crippen LogP contribution is 3.02. The summed E-state index contributed by atoms with van der Waals surface area (Å²) in [4.78, 5) is 2.62. The number of hydrogen-bond acceptors (Lipinski definition) is 1. The van der Waals surface area contributed by atoms with Crippen molar-refractivity contribution in [2.45, 2.75) is 5.03 Å². The molecule has 0 N–H and O–H groups in total. The van der Waals surface area contributed by atoms with E-state index in [0.717, 1.165) is 12.1 Å². The molecule has 0 bridgehead atoms. The zero-order chi connectivity index (χ0) is 10.4. The first-order chi connectivity index (χ1) is 5.50. The van der Waals surface area contributed by atoms with Gasteiger partial charge < -0.3 is 0 Å². The van der Waals surface area contributed by atoms with Crippen molar-refractivity contribution in [3.63, 3.8) is 0 Å². The molecule has 0 amide bonds. The van der Waals surface area contributed by atoms with E-state index in [1.54, 1.807) is 0 Å². The first-order valence-electron chi connectivity index (χ1n) is 2.85. The number of hydrogen-bond donors (Lipinski definition) is 0. The zero-order valence-electron chi connectivity index (χ0n) is 5.86. The summed E-state index contributed by atoms with van der Waals surface area (Å²) in [5.41, 5.74) is 0. The summed E-state index contributed by atoms with van der Waals surface area (Å²) in [7, 11) is -9.63. The van der Waals surface area contributed by atoms with Gasteiger partial charge in [-0.3, -0.25) is 0 Å². The predicted molar refractivity (Wildman–Crippen MR) is 43.3 cm³/mol. The topological polar surface area (TPSA) is 12.9 Å². The quantitative estimate of drug-likeness (QED) is 0.692. The molecule has 0 aliphatic rings. The molecule has 0 fully saturated rings. The van der Waals surface area contributed by atoms with Crippen LogP contribution < -0.4 is 0 Å². The van der Waals surface area contributed by atoms with Crippen molar-refractivity contribution >= 4 is 26.2 Å². The van der Waals surface area contributed by atoms with Gasteiger partial charge in [-0.25, -0.2) is 4.98 Å². The minimum atomic E-state index is -9.63. The van der Waals surface area contributed by atoms with E-state index in [9.17, 15) is 19.4 Å². The summed E-state index contributed by atoms with van der Waals surface area (Å²) in [6, 6.07) is 1.98. The number of nitrogens with zero attached hydrogens (tertiary/aromatic N) is 1. The lowest BCUT2D eigenvalue weighted by Crippen LogP contribution is -2.08. The molecule has 8 heteroatoms. The second-order valence-electron chi connectivity index (χ2n) is 2.26. The molecule has 0 spiro atoms. The van der Waals surface area contributed by atoms with E-state index in [2.05, 4.69) is 20.9 Å². The fourth-order valence-corrected chi connectivity index (χ4v) is 2.52. The average Bonchev–Trinajstić information content (AvgIpc) is 1.82. The Kier molecular flexibility index (Phi) is 1.78. The van der Waals surface area contributed by atoms with Crippen LogP contribution in [0.1, 0.15) is 0 Å². The lowest BCUT2D eigenvalue weighted by Gasteiger charge is -2.39. The zero-order valence-corrected chi connectivity index (χ0v) is 8.26. The molecule has 0 aliphatic heterocycles. The molecule has 13 heavy (non-hydrogen) atoms. The third-order valence-corrected chi connectivity index (χ3v) is 3.05. The van der Waals surface area contributed by atoms with Gasteiger partial charge in [-0.2, -0.15) is 0 Å². The van der Waals surface area contributed by atoms with Gasteiger partial charge in [0.15, 0.2) is 0 Å². The molecule has 0 atom stereocenters. The molecule has 1 aromatic heterocycles. The van der Waals surface area contributed by atoms with Crippen LogP contribution in [0, 0.1) is 0 Å². The molecule has 0 unspecified atom stereocenters. The molecular weight excluding hydrogens is 281 g/mol. The maximum Gasteiger partial charge on any atom is 0.326 e. The first-order valence-corrected chi connectivity index (χ1v) is 5.60. The molecule has 0 saturated carbocycles. The fourth-order valence-electron chi connectivity index (χ4n) is 0.655. The summed E-state index contributed by atoms with van der Waals surface area (Å²) in [6.07, 6.45) is 0.665. The molecule has 1 nitrogen and oxygen atoms in total. The van der Waals surface area contributed by atoms with Crippen molar-refractivity contribution in [1.82, 2.24) is 4.98 Å². The van der Waals surface area contributed by atoms with Gasteiger partial charge in [-0.1, -0.05) is 19.4 Å². The number of aromatic nitrogens is 1. The Balaban J connectivity index is 3.50. The molecule has 1 rings (SSSR count). The van der Waals surface area contributed by atoms with E-state index in [1.165, 1.54) is 0 Å². The van der Waals surface area contributed by atoms with Crippen molar-refractivity contribution in [3.8, 4) is 0 Å². The van der Waals surface area contributed by atoms with E-state index in [0.29, 0.717) is 6.20 Å². The van der Waals surface area contributed by atoms with Crippen LogP contribution in [0.15, 0.2) is 27.8 Å². The molecule has 0 aromatic carbocycles. The molecule has 0 saturated heterocycles. The van der Waals surface area contributed by atoms with Crippen LogP contribution in [0.2, 0.25) is 0 Å². The highest BCUT2D eigenvalue weighted by Gasteiger charge is 2.68. The van der Waals surface area contributed by atoms with E-state index in [1.807, 2.05) is 0 Å². The second kappa shape index (κ2) is 2.17. The lowest BCUT2D eigenvalue weighted by molar-refractivity contribution is 0.357. The molecule has 0 aliphatic carbocycles. The van der Waals surface area contributed by atoms with Crippen LogP contribution >= 0.6 is 26.2 Å². The molecule has 1 heterocycles. The Hall–Kier alpha value is -0.370. The van der Waals surface area contributed by atoms with Crippen LogP contribution in [-0.2, 0) is 0 Å². The van der Waals surface area contributed by atoms with Gasteiger partial charge in [0.2, 0.25) is 5.03 Å². The smallest absolute Gasteiger partial charge is 0.240 e. The average molecular weight is 284 g/mol. The van der Waals surface area contributed by atoms with E-state index < -0.39 is 19.7 Å². The number of halogens is 6. The predicted octanol–water partition coefficient (Wildman–Crippen LogP) is 4.50. The maximum atomic E-state index is 12.1. The van der Waals surface area contributed by atoms with Crippen molar-refractivity contribution < 1.29 is 19.4 Å². The summed E-state index contributed by atoms with van der Waals surface area (Å²) < 4.78 is 59.8. The van der Waals surface area contributed by atoms with Gasteiger partial charge in [0.05, 0.1) is 4.47 Å². The molecule has 76 valence electrons. The minimum absolute atomic E-state index is 0.665. The highest BCUT2D eigenvalue weighted by molar-refractivity contribution is 9.10. The summed E-state index contributed by atoms with van der Waals surface area (Å²) in [6.45, 7) is 0. The van der Waals surface area contributed by atoms with Gasteiger partial charge in [-0.15, -0.1) is 0 Å². The number of rotatable bonds is 1. The van der Waals surface area contributed by atoms with Gasteiger partial charge in [0.1, 0.15) is 0 Å². The molecule has 0 radical (unpaired) electrons. The van der Waals surface area contributed by atoms with Crippen LogP contribution in [0.3, 0.4) is 0 Å². The number of pyridine rings is 1. The Labute approximate surface area is 78.8 Å². The minimum Gasteiger partial charge on any atom is -0.240 e. The maximum absolute atomic E-state index is 12.1. The van der Waals surface area contributed by atoms with Gasteiger partial charge in [0.25, 0.3) is 0 Å². The van der Waals surface area contributed by atoms with Gasteiger partial charge in [0, 0.05) is 6.20 Å². The van der Waals surface area contributed by atoms with Crippen LogP contribution in [0.25, 0.3) is 0 Å². The van der Waals surface area contributed by atoms with Gasteiger partial charge in [-0.05, 0) is 28.1 Å². The monoisotopic (exact) mass is 283 g/mol. The normalized spacial score (nSPS) is 17.7. The summed E-state index contributed by atoms with van der Waals surface area (Å²) in [5.74, 6) is 0. The molecule has 1 aromatic rings. The second-order valence-corrected chi connectivity index (χ2v) is 5.44. The fraction of sp³-hybridized carbons (Fsp3) is 0. The third kappa shape index (κ3) is 2.53. The van der Waals surface area contributed by atoms with Crippen LogP contribution in [0.5, 0.6) is 0 Å². The Bertz CT molecular complexity index is 346. The van der Waals surface area contributed by atoms with E-state index >= 15 is 0 Å². The van der Waals surface area contributed by atoms with Crippen LogP contribution in [-0.4, -0.2) is 4.98 Å². The SMILES string of the molecule is FS(F)(F)(F)(F)c1ncccc1Br. The van der Waals surface area contributed by atoms with Crippen molar-refractivity contribution in [2.24, 2.45) is 0 Å². The lowest BCUT2D eigenvalue weighted by atomic mass is 10.5. The highest BCUT2D eigenvalue weighted by atomic mass is 79.9. The van der Waals surface area contributed by atoms with Crippen molar-refractivity contribution in [3.05, 3.63) is 22.8 Å². The Morgan fingerprint density at radius 3 is 2.00 bits per heavy atom. The van der Waals surface area contributed by atoms with E-state index in [-0.39, 0.29) is 0 Å². The molecular formula is C5H3BrF5NS. The van der Waals surface area contributed by atoms with Crippen molar-refractivity contribution in [2.75, 3.05) is 0 Å². The first kappa shape index (κ1) is 10.7. The van der Waals surface area contributed by atoms with Gasteiger partial charge >= 0.3 is 10.2 Å². The third-order valence-electron chi connectivity index (χ3n) is 1.09. The Morgan fingerprint density at radius 1 is 1.15 bits per heavy atom. The standard InChI is InChI=1S/C5H3BrF5NS/c6-4-2-1-3-12-5(4)13(7,8,9,10)11/h1-3H. The summed E-state index contributed by atoms with van der Waals surface area (Å²) >= 11 is 2.37. The Morgan fingerprint density at radius 2 is 1.69 bits per heavy atom. The largest absolute Gasteiger partial charge is 0.326 e. The van der Waals surface area contributed by atoms with E-state index in [4.69, 9.17) is 0 Å². The summed E-state index contributed by atoms with van der Waals surface area (Å²) in [5, 5.41) is -2.14. The van der Waals surface area contributed by atoms with Crippen molar-refractivity contribution in [1.29, 1.82) is 0 Å². The van der Waals surface area contributed by atoms with Crippen LogP contribution in [0.4, 0.5) is 19.4 Å².